The number of aliphatic hydroxyl groups excluding tert-OH is 1. The van der Waals surface area contributed by atoms with E-state index in [1.165, 1.54) is 0 Å². The minimum Gasteiger partial charge on any atom is -0.388 e. The second kappa shape index (κ2) is 7.65. The first-order valence-corrected chi connectivity index (χ1v) is 8.68. The number of benzene rings is 1. The van der Waals surface area contributed by atoms with Gasteiger partial charge in [0.2, 0.25) is 0 Å². The van der Waals surface area contributed by atoms with E-state index in [1.807, 2.05) is 44.3 Å². The van der Waals surface area contributed by atoms with Crippen molar-refractivity contribution in [2.24, 2.45) is 13.0 Å². The van der Waals surface area contributed by atoms with E-state index in [0.717, 1.165) is 24.2 Å². The Morgan fingerprint density at radius 1 is 1.28 bits per heavy atom. The summed E-state index contributed by atoms with van der Waals surface area (Å²) in [6.07, 6.45) is 2.74. The van der Waals surface area contributed by atoms with Gasteiger partial charge in [0, 0.05) is 20.1 Å². The fourth-order valence-corrected chi connectivity index (χ4v) is 3.37. The Morgan fingerprint density at radius 2 is 1.96 bits per heavy atom. The van der Waals surface area contributed by atoms with Crippen molar-refractivity contribution < 1.29 is 9.90 Å². The summed E-state index contributed by atoms with van der Waals surface area (Å²) in [5, 5.41) is 21.4. The number of piperidine rings is 1. The lowest BCUT2D eigenvalue weighted by molar-refractivity contribution is 0.0661. The van der Waals surface area contributed by atoms with Crippen LogP contribution < -0.4 is 5.32 Å². The largest absolute Gasteiger partial charge is 0.388 e. The number of urea groups is 1. The molecule has 7 nitrogen and oxygen atoms in total. The maximum Gasteiger partial charge on any atom is 0.317 e. The number of nitrogens with zero attached hydrogens (tertiary/aromatic N) is 4. The fraction of sp³-hybridized carbons (Fsp3) is 0.500. The molecule has 0 saturated carbocycles. The molecule has 0 radical (unpaired) electrons. The van der Waals surface area contributed by atoms with Gasteiger partial charge < -0.3 is 19.9 Å². The normalized spacial score (nSPS) is 18.0. The zero-order valence-corrected chi connectivity index (χ0v) is 14.7. The lowest BCUT2D eigenvalue weighted by Crippen LogP contribution is -2.46. The number of hydrogen-bond acceptors (Lipinski definition) is 4. The Kier molecular flexibility index (Phi) is 5.33. The van der Waals surface area contributed by atoms with E-state index >= 15 is 0 Å². The summed E-state index contributed by atoms with van der Waals surface area (Å²) >= 11 is 0. The zero-order chi connectivity index (χ0) is 17.8. The van der Waals surface area contributed by atoms with E-state index in [-0.39, 0.29) is 18.0 Å². The van der Waals surface area contributed by atoms with Gasteiger partial charge in [-0.15, -0.1) is 10.2 Å². The third-order valence-corrected chi connectivity index (χ3v) is 4.89. The molecule has 134 valence electrons. The molecule has 1 aliphatic rings. The molecule has 2 amide bonds. The number of aromatic nitrogens is 3. The molecule has 2 heterocycles. The first kappa shape index (κ1) is 17.4. The van der Waals surface area contributed by atoms with Crippen LogP contribution in [0.25, 0.3) is 0 Å². The quantitative estimate of drug-likeness (QED) is 0.890. The minimum atomic E-state index is -0.469. The van der Waals surface area contributed by atoms with E-state index in [1.54, 1.807) is 15.8 Å². The van der Waals surface area contributed by atoms with Gasteiger partial charge in [0.05, 0.1) is 12.1 Å². The van der Waals surface area contributed by atoms with Gasteiger partial charge >= 0.3 is 6.03 Å². The molecule has 0 aliphatic carbocycles. The molecule has 2 atom stereocenters. The summed E-state index contributed by atoms with van der Waals surface area (Å²) in [6, 6.07) is 9.43. The van der Waals surface area contributed by atoms with Crippen molar-refractivity contribution in [3.8, 4) is 0 Å². The molecule has 1 aromatic carbocycles. The van der Waals surface area contributed by atoms with Gasteiger partial charge in [-0.2, -0.15) is 0 Å². The molecule has 25 heavy (non-hydrogen) atoms. The van der Waals surface area contributed by atoms with Crippen molar-refractivity contribution in [2.45, 2.75) is 31.9 Å². The summed E-state index contributed by atoms with van der Waals surface area (Å²) in [4.78, 5) is 14.3. The lowest BCUT2D eigenvalue weighted by atomic mass is 9.87. The number of rotatable bonds is 4. The summed E-state index contributed by atoms with van der Waals surface area (Å²) in [5.74, 6) is 0.908. The van der Waals surface area contributed by atoms with Gasteiger partial charge in [0.1, 0.15) is 6.33 Å². The summed E-state index contributed by atoms with van der Waals surface area (Å²) < 4.78 is 1.80. The molecular weight excluding hydrogens is 318 g/mol. The third-order valence-electron chi connectivity index (χ3n) is 4.89. The van der Waals surface area contributed by atoms with Gasteiger partial charge in [0.15, 0.2) is 5.82 Å². The first-order valence-electron chi connectivity index (χ1n) is 8.68. The Balaban J connectivity index is 1.52. The van der Waals surface area contributed by atoms with Crippen molar-refractivity contribution in [1.82, 2.24) is 25.0 Å². The van der Waals surface area contributed by atoms with E-state index in [2.05, 4.69) is 15.5 Å². The molecule has 0 unspecified atom stereocenters. The fourth-order valence-electron chi connectivity index (χ4n) is 3.37. The van der Waals surface area contributed by atoms with Crippen LogP contribution in [-0.4, -0.2) is 43.9 Å². The lowest BCUT2D eigenvalue weighted by Gasteiger charge is -2.34. The standard InChI is InChI=1S/C18H25N5O2/c1-13(17-21-19-12-22(17)2)20-18(25)23-10-8-15(9-11-23)16(24)14-6-4-3-5-7-14/h3-7,12-13,15-16,24H,8-11H2,1-2H3,(H,20,25)/t13-,16-/m0/s1. The van der Waals surface area contributed by atoms with Crippen LogP contribution in [0.3, 0.4) is 0 Å². The van der Waals surface area contributed by atoms with Crippen LogP contribution >= 0.6 is 0 Å². The molecule has 1 aliphatic heterocycles. The van der Waals surface area contributed by atoms with Gasteiger partial charge in [-0.05, 0) is 31.2 Å². The smallest absolute Gasteiger partial charge is 0.317 e. The van der Waals surface area contributed by atoms with Crippen LogP contribution in [-0.2, 0) is 7.05 Å². The number of carbonyl (C=O) groups excluding carboxylic acids is 1. The van der Waals surface area contributed by atoms with Crippen LogP contribution in [0.15, 0.2) is 36.7 Å². The predicted octanol–water partition coefficient (Wildman–Crippen LogP) is 2.03. The van der Waals surface area contributed by atoms with Gasteiger partial charge in [-0.1, -0.05) is 30.3 Å². The second-order valence-corrected chi connectivity index (χ2v) is 6.65. The average Bonchev–Trinajstić information content (AvgIpc) is 3.08. The highest BCUT2D eigenvalue weighted by Gasteiger charge is 2.29. The SMILES string of the molecule is C[C@H](NC(=O)N1CCC([C@@H](O)c2ccccc2)CC1)c1nncn1C. The Labute approximate surface area is 147 Å². The van der Waals surface area contributed by atoms with Crippen LogP contribution in [0.5, 0.6) is 0 Å². The maximum atomic E-state index is 12.5. The third kappa shape index (κ3) is 3.99. The van der Waals surface area contributed by atoms with E-state index in [9.17, 15) is 9.90 Å². The number of hydrogen-bond donors (Lipinski definition) is 2. The van der Waals surface area contributed by atoms with Crippen LogP contribution in [0.1, 0.15) is 43.3 Å². The van der Waals surface area contributed by atoms with Gasteiger partial charge in [-0.3, -0.25) is 0 Å². The van der Waals surface area contributed by atoms with E-state index < -0.39 is 6.10 Å². The van der Waals surface area contributed by atoms with Crippen molar-refractivity contribution in [2.75, 3.05) is 13.1 Å². The molecule has 2 N–H and O–H groups in total. The summed E-state index contributed by atoms with van der Waals surface area (Å²) in [6.45, 7) is 3.19. The molecule has 1 fully saturated rings. The van der Waals surface area contributed by atoms with Crippen molar-refractivity contribution >= 4 is 6.03 Å². The molecular formula is C18H25N5O2. The highest BCUT2D eigenvalue weighted by atomic mass is 16.3. The molecule has 1 saturated heterocycles. The topological polar surface area (TPSA) is 83.3 Å². The van der Waals surface area contributed by atoms with Gasteiger partial charge in [0.25, 0.3) is 0 Å². The van der Waals surface area contributed by atoms with Crippen molar-refractivity contribution in [1.29, 1.82) is 0 Å². The number of aryl methyl sites for hydroxylation is 1. The van der Waals surface area contributed by atoms with Gasteiger partial charge in [-0.25, -0.2) is 4.79 Å². The number of amides is 2. The van der Waals surface area contributed by atoms with Crippen LogP contribution in [0.4, 0.5) is 4.79 Å². The molecule has 7 heteroatoms. The molecule has 0 bridgehead atoms. The summed E-state index contributed by atoms with van der Waals surface area (Å²) in [5.41, 5.74) is 0.946. The minimum absolute atomic E-state index is 0.0943. The maximum absolute atomic E-state index is 12.5. The second-order valence-electron chi connectivity index (χ2n) is 6.65. The predicted molar refractivity (Wildman–Crippen MR) is 93.6 cm³/mol. The van der Waals surface area contributed by atoms with Crippen molar-refractivity contribution in [3.05, 3.63) is 48.0 Å². The Morgan fingerprint density at radius 3 is 2.56 bits per heavy atom. The molecule has 2 aromatic rings. The number of nitrogens with one attached hydrogen (secondary N) is 1. The average molecular weight is 343 g/mol. The number of carbonyl (C=O) groups is 1. The molecule has 0 spiro atoms. The van der Waals surface area contributed by atoms with Crippen LogP contribution in [0, 0.1) is 5.92 Å². The van der Waals surface area contributed by atoms with Crippen molar-refractivity contribution in [3.63, 3.8) is 0 Å². The summed E-state index contributed by atoms with van der Waals surface area (Å²) in [7, 11) is 1.86. The number of aliphatic hydroxyl groups is 1. The molecule has 3 rings (SSSR count). The van der Waals surface area contributed by atoms with E-state index in [4.69, 9.17) is 0 Å². The Bertz CT molecular complexity index is 695. The Hall–Kier alpha value is -2.41. The number of likely N-dealkylation sites (tertiary alicyclic amines) is 1. The highest BCUT2D eigenvalue weighted by molar-refractivity contribution is 5.74. The van der Waals surface area contributed by atoms with Crippen LogP contribution in [0.2, 0.25) is 0 Å². The molecule has 1 aromatic heterocycles. The monoisotopic (exact) mass is 343 g/mol. The zero-order valence-electron chi connectivity index (χ0n) is 14.7. The van der Waals surface area contributed by atoms with E-state index in [0.29, 0.717) is 13.1 Å². The first-order chi connectivity index (χ1) is 12.1. The highest BCUT2D eigenvalue weighted by Crippen LogP contribution is 2.30.